The van der Waals surface area contributed by atoms with Gasteiger partial charge < -0.3 is 20.6 Å². The molecule has 0 radical (unpaired) electrons. The molecule has 2 saturated carbocycles. The quantitative estimate of drug-likeness (QED) is 0.535. The number of hydrogen-bond donors (Lipinski definition) is 3. The Morgan fingerprint density at radius 3 is 2.47 bits per heavy atom. The van der Waals surface area contributed by atoms with E-state index in [0.717, 1.165) is 5.76 Å². The SMILES string of the molecule is CC(C)NCc1ccc(-c2ccc(O)c3c2CC2CC4CC(=O)C(C(N)=O)C(=O)C4C(=O)C2C3=O)o1. The number of phenolic OH excluding ortho intramolecular Hbond substituents is 1. The fourth-order valence-corrected chi connectivity index (χ4v) is 6.14. The molecule has 1 amide bonds. The van der Waals surface area contributed by atoms with Crippen molar-refractivity contribution < 1.29 is 33.5 Å². The number of carbonyl (C=O) groups is 5. The second kappa shape index (κ2) is 8.81. The van der Waals surface area contributed by atoms with Crippen LogP contribution < -0.4 is 11.1 Å². The van der Waals surface area contributed by atoms with Crippen LogP contribution in [0.15, 0.2) is 28.7 Å². The van der Waals surface area contributed by atoms with Crippen molar-refractivity contribution in [3.63, 3.8) is 0 Å². The average Bonchev–Trinajstić information content (AvgIpc) is 3.25. The molecule has 4 N–H and O–H groups in total. The molecule has 2 aromatic rings. The third kappa shape index (κ3) is 3.78. The van der Waals surface area contributed by atoms with Gasteiger partial charge in [-0.15, -0.1) is 0 Å². The van der Waals surface area contributed by atoms with Gasteiger partial charge in [-0.25, -0.2) is 0 Å². The van der Waals surface area contributed by atoms with Gasteiger partial charge in [0.15, 0.2) is 29.1 Å². The topological polar surface area (TPSA) is 157 Å². The maximum atomic E-state index is 13.6. The molecular weight excluding hydrogens is 464 g/mol. The number of rotatable bonds is 5. The van der Waals surface area contributed by atoms with Gasteiger partial charge >= 0.3 is 0 Å². The van der Waals surface area contributed by atoms with Crippen molar-refractivity contribution >= 4 is 29.0 Å². The van der Waals surface area contributed by atoms with Gasteiger partial charge in [0, 0.05) is 18.0 Å². The molecule has 0 bridgehead atoms. The Balaban J connectivity index is 1.51. The molecule has 9 nitrogen and oxygen atoms in total. The summed E-state index contributed by atoms with van der Waals surface area (Å²) in [4.78, 5) is 64.2. The van der Waals surface area contributed by atoms with Crippen LogP contribution in [0.1, 0.15) is 48.4 Å². The summed E-state index contributed by atoms with van der Waals surface area (Å²) in [7, 11) is 0. The number of primary amides is 1. The highest BCUT2D eigenvalue weighted by Gasteiger charge is 2.57. The molecule has 1 aromatic heterocycles. The molecule has 0 aliphatic heterocycles. The summed E-state index contributed by atoms with van der Waals surface area (Å²) in [5, 5.41) is 13.9. The monoisotopic (exact) mass is 492 g/mol. The van der Waals surface area contributed by atoms with E-state index in [-0.39, 0.29) is 23.8 Å². The number of hydrogen-bond acceptors (Lipinski definition) is 8. The zero-order valence-electron chi connectivity index (χ0n) is 20.1. The predicted octanol–water partition coefficient (Wildman–Crippen LogP) is 1.97. The molecule has 5 rings (SSSR count). The number of ketones is 4. The van der Waals surface area contributed by atoms with Gasteiger partial charge in [-0.05, 0) is 54.5 Å². The summed E-state index contributed by atoms with van der Waals surface area (Å²) < 4.78 is 6.01. The molecule has 3 aliphatic carbocycles. The number of Topliss-reactive ketones (excluding diaryl/α,β-unsaturated/α-hetero) is 4. The summed E-state index contributed by atoms with van der Waals surface area (Å²) in [5.41, 5.74) is 6.57. The number of nitrogens with one attached hydrogen (secondary N) is 1. The minimum atomic E-state index is -1.64. The van der Waals surface area contributed by atoms with Crippen LogP contribution in [0.25, 0.3) is 11.3 Å². The third-order valence-electron chi connectivity index (χ3n) is 7.72. The van der Waals surface area contributed by atoms with Crippen molar-refractivity contribution in [3.05, 3.63) is 41.2 Å². The van der Waals surface area contributed by atoms with E-state index in [1.807, 2.05) is 26.0 Å². The Morgan fingerprint density at radius 2 is 1.78 bits per heavy atom. The fourth-order valence-electron chi connectivity index (χ4n) is 6.14. The Labute approximate surface area is 207 Å². The summed E-state index contributed by atoms with van der Waals surface area (Å²) in [6.07, 6.45) is 0.523. The molecule has 3 aliphatic rings. The summed E-state index contributed by atoms with van der Waals surface area (Å²) in [6.45, 7) is 4.59. The molecule has 188 valence electrons. The fraction of sp³-hybridized carbons (Fsp3) is 0.444. The first-order valence-electron chi connectivity index (χ1n) is 12.2. The number of phenols is 1. The third-order valence-corrected chi connectivity index (χ3v) is 7.72. The number of nitrogens with two attached hydrogens (primary N) is 1. The molecule has 36 heavy (non-hydrogen) atoms. The lowest BCUT2D eigenvalue weighted by Crippen LogP contribution is -2.56. The van der Waals surface area contributed by atoms with Crippen LogP contribution in [0, 0.1) is 29.6 Å². The highest BCUT2D eigenvalue weighted by atomic mass is 16.3. The van der Waals surface area contributed by atoms with E-state index in [4.69, 9.17) is 10.2 Å². The Kier molecular flexibility index (Phi) is 5.90. The minimum Gasteiger partial charge on any atom is -0.507 e. The van der Waals surface area contributed by atoms with E-state index in [2.05, 4.69) is 5.32 Å². The summed E-state index contributed by atoms with van der Waals surface area (Å²) >= 11 is 0. The first-order valence-corrected chi connectivity index (χ1v) is 12.2. The number of carbonyl (C=O) groups excluding carboxylic acids is 5. The Morgan fingerprint density at radius 1 is 1.06 bits per heavy atom. The molecule has 5 unspecified atom stereocenters. The van der Waals surface area contributed by atoms with Crippen LogP contribution >= 0.6 is 0 Å². The van der Waals surface area contributed by atoms with Gasteiger partial charge in [0.25, 0.3) is 0 Å². The lowest BCUT2D eigenvalue weighted by molar-refractivity contribution is -0.152. The summed E-state index contributed by atoms with van der Waals surface area (Å²) in [5.74, 6) is -7.50. The van der Waals surface area contributed by atoms with Gasteiger partial charge in [-0.1, -0.05) is 13.8 Å². The lowest BCUT2D eigenvalue weighted by Gasteiger charge is -2.44. The van der Waals surface area contributed by atoms with E-state index in [1.54, 1.807) is 6.07 Å². The molecule has 0 saturated heterocycles. The van der Waals surface area contributed by atoms with Crippen LogP contribution in [0.2, 0.25) is 0 Å². The van der Waals surface area contributed by atoms with Crippen molar-refractivity contribution in [2.45, 2.75) is 45.7 Å². The molecule has 9 heteroatoms. The summed E-state index contributed by atoms with van der Waals surface area (Å²) in [6, 6.07) is 7.04. The van der Waals surface area contributed by atoms with Gasteiger partial charge in [-0.2, -0.15) is 0 Å². The van der Waals surface area contributed by atoms with Crippen molar-refractivity contribution in [3.8, 4) is 17.1 Å². The van der Waals surface area contributed by atoms with Crippen LogP contribution in [-0.4, -0.2) is 40.2 Å². The predicted molar refractivity (Wildman–Crippen MR) is 127 cm³/mol. The number of fused-ring (bicyclic) bond motifs is 3. The Hall–Kier alpha value is -3.59. The first-order chi connectivity index (χ1) is 17.1. The van der Waals surface area contributed by atoms with Crippen molar-refractivity contribution in [2.75, 3.05) is 0 Å². The van der Waals surface area contributed by atoms with E-state index in [1.165, 1.54) is 6.07 Å². The van der Waals surface area contributed by atoms with Crippen molar-refractivity contribution in [1.29, 1.82) is 0 Å². The smallest absolute Gasteiger partial charge is 0.235 e. The Bertz CT molecular complexity index is 1310. The van der Waals surface area contributed by atoms with Crippen molar-refractivity contribution in [2.24, 2.45) is 35.3 Å². The number of amides is 1. The zero-order valence-corrected chi connectivity index (χ0v) is 20.1. The second-order valence-corrected chi connectivity index (χ2v) is 10.4. The first kappa shape index (κ1) is 24.1. The van der Waals surface area contributed by atoms with Gasteiger partial charge in [0.2, 0.25) is 5.91 Å². The number of aromatic hydroxyl groups is 1. The number of benzene rings is 1. The highest BCUT2D eigenvalue weighted by molar-refractivity contribution is 6.27. The minimum absolute atomic E-state index is 0.0598. The van der Waals surface area contributed by atoms with E-state index in [0.29, 0.717) is 36.3 Å². The number of furan rings is 1. The molecule has 5 atom stereocenters. The average molecular weight is 493 g/mol. The van der Waals surface area contributed by atoms with Crippen molar-refractivity contribution in [1.82, 2.24) is 5.32 Å². The molecule has 0 spiro atoms. The highest BCUT2D eigenvalue weighted by Crippen LogP contribution is 2.49. The molecular formula is C27H28N2O7. The van der Waals surface area contributed by atoms with Gasteiger partial charge in [0.05, 0.1) is 23.9 Å². The van der Waals surface area contributed by atoms with Crippen LogP contribution in [0.3, 0.4) is 0 Å². The zero-order chi connectivity index (χ0) is 25.9. The van der Waals surface area contributed by atoms with Crippen LogP contribution in [0.5, 0.6) is 5.75 Å². The normalized spacial score (nSPS) is 27.6. The van der Waals surface area contributed by atoms with Gasteiger partial charge in [-0.3, -0.25) is 24.0 Å². The molecule has 2 fully saturated rings. The largest absolute Gasteiger partial charge is 0.507 e. The van der Waals surface area contributed by atoms with Crippen LogP contribution in [-0.2, 0) is 32.1 Å². The van der Waals surface area contributed by atoms with E-state index >= 15 is 0 Å². The molecule has 1 aromatic carbocycles. The lowest BCUT2D eigenvalue weighted by atomic mass is 9.56. The van der Waals surface area contributed by atoms with E-state index < -0.39 is 58.6 Å². The standard InChI is InChI=1S/C27H28N2O7/c1-11(2)29-10-14-3-6-19(36-14)15-4-5-17(30)22-16(15)8-12-7-13-9-18(31)23(27(28)35)26(34)21(13)24(32)20(12)25(22)33/h3-6,11-13,20-21,23,29-30H,7-10H2,1-2H3,(H2,28,35). The molecule has 1 heterocycles. The van der Waals surface area contributed by atoms with Crippen LogP contribution in [0.4, 0.5) is 0 Å². The van der Waals surface area contributed by atoms with Gasteiger partial charge in [0.1, 0.15) is 17.3 Å². The maximum absolute atomic E-state index is 13.6. The maximum Gasteiger partial charge on any atom is 0.235 e. The second-order valence-electron chi connectivity index (χ2n) is 10.4. The van der Waals surface area contributed by atoms with E-state index in [9.17, 15) is 29.1 Å².